The summed E-state index contributed by atoms with van der Waals surface area (Å²) in [4.78, 5) is 78.8. The van der Waals surface area contributed by atoms with Crippen LogP contribution in [0.4, 0.5) is 5.82 Å². The molecule has 3 saturated heterocycles. The van der Waals surface area contributed by atoms with Gasteiger partial charge in [-0.25, -0.2) is 9.78 Å². The van der Waals surface area contributed by atoms with Gasteiger partial charge in [-0.3, -0.25) is 38.3 Å². The molecular weight excluding hydrogens is 811 g/mol. The van der Waals surface area contributed by atoms with Gasteiger partial charge in [-0.15, -0.1) is 5.10 Å². The minimum atomic E-state index is -0.718. The van der Waals surface area contributed by atoms with Crippen LogP contribution in [0.1, 0.15) is 79.9 Å². The number of anilines is 1. The fraction of sp³-hybridized carbons (Fsp3) is 0.417. The van der Waals surface area contributed by atoms with Crippen molar-refractivity contribution >= 4 is 57.0 Å². The Labute approximate surface area is 369 Å². The highest BCUT2D eigenvalue weighted by atomic mass is 16.2. The molecule has 8 heterocycles. The van der Waals surface area contributed by atoms with Crippen molar-refractivity contribution in [1.82, 2.24) is 49.2 Å². The summed E-state index contributed by atoms with van der Waals surface area (Å²) < 4.78 is 4.73. The number of hydrogen-bond acceptors (Lipinski definition) is 9. The lowest BCUT2D eigenvalue weighted by molar-refractivity contribution is -0.136. The third-order valence-electron chi connectivity index (χ3n) is 14.0. The first kappa shape index (κ1) is 41.2. The molecule has 0 saturated carbocycles. The predicted octanol–water partition coefficient (Wildman–Crippen LogP) is 5.32. The molecule has 0 aliphatic carbocycles. The molecule has 0 spiro atoms. The van der Waals surface area contributed by atoms with Crippen LogP contribution in [-0.2, 0) is 28.0 Å². The monoisotopic (exact) mass is 863 g/mol. The van der Waals surface area contributed by atoms with Crippen molar-refractivity contribution in [2.75, 3.05) is 44.2 Å². The maximum absolute atomic E-state index is 13.7. The average Bonchev–Trinajstić information content (AvgIpc) is 4.07. The first-order valence-corrected chi connectivity index (χ1v) is 22.6. The minimum Gasteiger partial charge on any atom is -0.357 e. The van der Waals surface area contributed by atoms with Gasteiger partial charge in [0, 0.05) is 88.0 Å². The molecular formula is C48H53N11O5. The maximum Gasteiger partial charge on any atom is 0.329 e. The van der Waals surface area contributed by atoms with Gasteiger partial charge in [-0.05, 0) is 110 Å². The van der Waals surface area contributed by atoms with E-state index in [-0.39, 0.29) is 29.8 Å². The lowest BCUT2D eigenvalue weighted by Crippen LogP contribution is -2.44. The van der Waals surface area contributed by atoms with Crippen LogP contribution in [0, 0.1) is 11.8 Å². The molecule has 4 amide bonds. The molecule has 3 fully saturated rings. The van der Waals surface area contributed by atoms with E-state index in [9.17, 15) is 24.0 Å². The summed E-state index contributed by atoms with van der Waals surface area (Å²) in [7, 11) is 1.70. The van der Waals surface area contributed by atoms with Gasteiger partial charge < -0.3 is 19.7 Å². The number of nitrogens with one attached hydrogen (secondary N) is 2. The molecule has 0 radical (unpaired) electrons. The van der Waals surface area contributed by atoms with E-state index in [1.807, 2.05) is 40.3 Å². The second-order valence-corrected chi connectivity index (χ2v) is 17.9. The summed E-state index contributed by atoms with van der Waals surface area (Å²) in [6.07, 6.45) is 14.6. The molecule has 10 rings (SSSR count). The molecule has 16 nitrogen and oxygen atoms in total. The van der Waals surface area contributed by atoms with E-state index in [0.717, 1.165) is 97.3 Å². The van der Waals surface area contributed by atoms with Gasteiger partial charge in [0.1, 0.15) is 17.6 Å². The highest BCUT2D eigenvalue weighted by Crippen LogP contribution is 2.34. The number of pyridine rings is 1. The normalized spacial score (nSPS) is 19.1. The van der Waals surface area contributed by atoms with Gasteiger partial charge >= 0.3 is 5.69 Å². The zero-order valence-corrected chi connectivity index (χ0v) is 36.1. The van der Waals surface area contributed by atoms with Crippen LogP contribution >= 0.6 is 0 Å². The SMILES string of the molecule is Cn1c(=O)n(C2CCC(=O)NC2=O)c2ccc(-c3ccc(N4CCC(CC5CCN(C(=O)c6cc7ccc(C8=CCCN(C(=O)CCn9ccnn9)C8)cc7[nH]6)CC5)CC4)nc3)cc21. The summed E-state index contributed by atoms with van der Waals surface area (Å²) in [6.45, 7) is 5.22. The standard InChI is InChI=1S/C48H53N11O5/c1-54-42-28-34(6-8-40(42)59(48(54)64)41-9-11-44(60)52-46(41)62)36-7-10-43(49-29-36)55-19-12-31(13-20-55)25-32-14-21-56(22-15-32)47(63)39-27-35-5-4-33(26-38(35)51-39)37-3-2-18-57(30-37)45(61)16-23-58-24-17-50-53-58/h3-8,10,17,24,26-29,31-32,41,51H,2,9,11-16,18-23,25,30H2,1H3,(H,52,60,62). The number of carbonyl (C=O) groups excluding carboxylic acids is 4. The number of imidazole rings is 1. The summed E-state index contributed by atoms with van der Waals surface area (Å²) >= 11 is 0. The number of aromatic amines is 1. The zero-order valence-electron chi connectivity index (χ0n) is 36.1. The number of imide groups is 1. The second-order valence-electron chi connectivity index (χ2n) is 17.9. The smallest absolute Gasteiger partial charge is 0.329 e. The van der Waals surface area contributed by atoms with Crippen LogP contribution in [0.3, 0.4) is 0 Å². The Morgan fingerprint density at radius 1 is 0.812 bits per heavy atom. The van der Waals surface area contributed by atoms with Gasteiger partial charge in [-0.2, -0.15) is 0 Å². The summed E-state index contributed by atoms with van der Waals surface area (Å²) in [5.74, 6) is 1.63. The summed E-state index contributed by atoms with van der Waals surface area (Å²) in [5, 5.41) is 11.2. The third-order valence-corrected chi connectivity index (χ3v) is 14.0. The van der Waals surface area contributed by atoms with Crippen molar-refractivity contribution < 1.29 is 19.2 Å². The Hall–Kier alpha value is -6.84. The number of likely N-dealkylation sites (tertiary alicyclic amines) is 1. The number of amides is 4. The number of hydrogen-bond donors (Lipinski definition) is 2. The number of carbonyl (C=O) groups is 4. The molecule has 1 atom stereocenters. The molecule has 64 heavy (non-hydrogen) atoms. The number of piperidine rings is 3. The van der Waals surface area contributed by atoms with E-state index in [0.29, 0.717) is 61.0 Å². The van der Waals surface area contributed by atoms with Gasteiger partial charge in [0.05, 0.1) is 23.8 Å². The van der Waals surface area contributed by atoms with Gasteiger partial charge in [0.2, 0.25) is 17.7 Å². The van der Waals surface area contributed by atoms with E-state index < -0.39 is 11.9 Å². The lowest BCUT2D eigenvalue weighted by Gasteiger charge is -2.37. The number of H-pyrrole nitrogens is 1. The Kier molecular flexibility index (Phi) is 11.2. The largest absolute Gasteiger partial charge is 0.357 e. The minimum absolute atomic E-state index is 0.0547. The highest BCUT2D eigenvalue weighted by molar-refractivity contribution is 6.00. The first-order chi connectivity index (χ1) is 31.1. The van der Waals surface area contributed by atoms with E-state index in [4.69, 9.17) is 4.98 Å². The highest BCUT2D eigenvalue weighted by Gasteiger charge is 2.32. The number of fused-ring (bicyclic) bond motifs is 2. The average molecular weight is 864 g/mol. The maximum atomic E-state index is 13.7. The molecule has 0 bridgehead atoms. The van der Waals surface area contributed by atoms with Gasteiger partial charge in [0.15, 0.2) is 0 Å². The predicted molar refractivity (Wildman–Crippen MR) is 242 cm³/mol. The molecule has 2 N–H and O–H groups in total. The molecule has 1 unspecified atom stereocenters. The summed E-state index contributed by atoms with van der Waals surface area (Å²) in [6, 6.07) is 17.4. The number of aromatic nitrogens is 7. The number of aryl methyl sites for hydroxylation is 2. The summed E-state index contributed by atoms with van der Waals surface area (Å²) in [5.41, 5.74) is 6.69. The van der Waals surface area contributed by atoms with Crippen LogP contribution in [0.2, 0.25) is 0 Å². The van der Waals surface area contributed by atoms with Crippen molar-refractivity contribution in [2.45, 2.75) is 70.4 Å². The Bertz CT molecular complexity index is 2820. The van der Waals surface area contributed by atoms with Gasteiger partial charge in [0.25, 0.3) is 5.91 Å². The molecule has 4 aliphatic heterocycles. The van der Waals surface area contributed by atoms with Crippen LogP contribution < -0.4 is 15.9 Å². The molecule has 4 aliphatic rings. The fourth-order valence-corrected chi connectivity index (χ4v) is 10.3. The van der Waals surface area contributed by atoms with Crippen LogP contribution in [-0.4, -0.2) is 107 Å². The van der Waals surface area contributed by atoms with Crippen LogP contribution in [0.5, 0.6) is 0 Å². The fourth-order valence-electron chi connectivity index (χ4n) is 10.3. The van der Waals surface area contributed by atoms with Crippen molar-refractivity contribution in [2.24, 2.45) is 18.9 Å². The number of nitrogens with zero attached hydrogens (tertiary/aromatic N) is 9. The van der Waals surface area contributed by atoms with Crippen molar-refractivity contribution in [3.8, 4) is 11.1 Å². The quantitative estimate of drug-likeness (QED) is 0.173. The molecule has 330 valence electrons. The number of benzene rings is 2. The van der Waals surface area contributed by atoms with E-state index >= 15 is 0 Å². The van der Waals surface area contributed by atoms with E-state index in [1.54, 1.807) is 28.7 Å². The first-order valence-electron chi connectivity index (χ1n) is 22.6. The topological polar surface area (TPSA) is 176 Å². The molecule has 4 aromatic heterocycles. The molecule has 2 aromatic carbocycles. The van der Waals surface area contributed by atoms with Crippen molar-refractivity contribution in [3.63, 3.8) is 0 Å². The molecule has 16 heteroatoms. The second kappa shape index (κ2) is 17.4. The lowest BCUT2D eigenvalue weighted by atomic mass is 9.82. The Morgan fingerprint density at radius 2 is 1.59 bits per heavy atom. The van der Waals surface area contributed by atoms with Crippen LogP contribution in [0.25, 0.3) is 38.6 Å². The van der Waals surface area contributed by atoms with Crippen LogP contribution in [0.15, 0.2) is 84.1 Å². The van der Waals surface area contributed by atoms with Crippen molar-refractivity contribution in [3.05, 3.63) is 101 Å². The van der Waals surface area contributed by atoms with E-state index in [2.05, 4.69) is 61.9 Å². The Morgan fingerprint density at radius 3 is 2.34 bits per heavy atom. The third kappa shape index (κ3) is 8.24. The Balaban J connectivity index is 0.693. The van der Waals surface area contributed by atoms with Crippen molar-refractivity contribution in [1.29, 1.82) is 0 Å². The number of rotatable bonds is 10. The zero-order chi connectivity index (χ0) is 43.9. The van der Waals surface area contributed by atoms with Gasteiger partial charge in [-0.1, -0.05) is 29.5 Å². The molecule has 6 aromatic rings. The van der Waals surface area contributed by atoms with E-state index in [1.165, 1.54) is 11.0 Å².